The molecule has 0 saturated carbocycles. The molecule has 0 radical (unpaired) electrons. The molecular formula is C17H20N4O. The van der Waals surface area contributed by atoms with Crippen molar-refractivity contribution in [3.8, 4) is 17.3 Å². The summed E-state index contributed by atoms with van der Waals surface area (Å²) in [5.41, 5.74) is 3.85. The van der Waals surface area contributed by atoms with Crippen molar-refractivity contribution in [2.45, 2.75) is 13.0 Å². The summed E-state index contributed by atoms with van der Waals surface area (Å²) < 4.78 is 1.84. The van der Waals surface area contributed by atoms with Crippen LogP contribution < -0.4 is 0 Å². The first-order valence-corrected chi connectivity index (χ1v) is 7.56. The van der Waals surface area contributed by atoms with E-state index in [4.69, 9.17) is 5.26 Å². The average molecular weight is 296 g/mol. The van der Waals surface area contributed by atoms with Gasteiger partial charge in [0.25, 0.3) is 0 Å². The van der Waals surface area contributed by atoms with Gasteiger partial charge in [-0.15, -0.1) is 0 Å². The summed E-state index contributed by atoms with van der Waals surface area (Å²) in [4.78, 5) is 2.37. The van der Waals surface area contributed by atoms with Crippen molar-refractivity contribution >= 4 is 0 Å². The first-order valence-electron chi connectivity index (χ1n) is 7.56. The van der Waals surface area contributed by atoms with Gasteiger partial charge in [-0.3, -0.25) is 9.58 Å². The van der Waals surface area contributed by atoms with Crippen molar-refractivity contribution in [1.82, 2.24) is 14.7 Å². The minimum absolute atomic E-state index is 0.270. The molecular weight excluding hydrogens is 276 g/mol. The van der Waals surface area contributed by atoms with E-state index in [9.17, 15) is 5.11 Å². The van der Waals surface area contributed by atoms with Crippen LogP contribution in [0.5, 0.6) is 0 Å². The maximum absolute atomic E-state index is 9.27. The zero-order valence-corrected chi connectivity index (χ0v) is 12.7. The van der Waals surface area contributed by atoms with E-state index in [1.165, 1.54) is 5.56 Å². The summed E-state index contributed by atoms with van der Waals surface area (Å²) in [6.45, 7) is 3.08. The minimum atomic E-state index is 0.270. The Hall–Kier alpha value is -2.16. The molecule has 22 heavy (non-hydrogen) atoms. The normalized spacial score (nSPS) is 18.5. The fourth-order valence-corrected chi connectivity index (χ4v) is 3.05. The molecule has 3 rings (SSSR count). The molecule has 1 aromatic carbocycles. The van der Waals surface area contributed by atoms with Crippen LogP contribution in [0.1, 0.15) is 17.5 Å². The number of rotatable bonds is 4. The lowest BCUT2D eigenvalue weighted by molar-refractivity contribution is 0.220. The Labute approximate surface area is 130 Å². The summed E-state index contributed by atoms with van der Waals surface area (Å²) in [5, 5.41) is 22.7. The number of aryl methyl sites for hydroxylation is 1. The third kappa shape index (κ3) is 3.03. The molecule has 1 atom stereocenters. The standard InChI is InChI=1S/C17H20N4O/c1-20-10-16(11-21-7-6-14(9-21)12-22)17(19-20)15-4-2-13(8-18)3-5-15/h2-5,10,14,22H,6-7,9,11-12H2,1H3. The lowest BCUT2D eigenvalue weighted by Crippen LogP contribution is -2.21. The molecule has 1 aliphatic rings. The molecule has 0 aliphatic carbocycles. The van der Waals surface area contributed by atoms with Crippen molar-refractivity contribution in [1.29, 1.82) is 5.26 Å². The second kappa shape index (κ2) is 6.30. The average Bonchev–Trinajstić information content (AvgIpc) is 3.14. The molecule has 1 aromatic heterocycles. The fourth-order valence-electron chi connectivity index (χ4n) is 3.05. The molecule has 1 aliphatic heterocycles. The van der Waals surface area contributed by atoms with E-state index >= 15 is 0 Å². The van der Waals surface area contributed by atoms with Gasteiger partial charge in [0.2, 0.25) is 0 Å². The molecule has 1 unspecified atom stereocenters. The van der Waals surface area contributed by atoms with Crippen LogP contribution in [0, 0.1) is 17.2 Å². The molecule has 1 saturated heterocycles. The lowest BCUT2D eigenvalue weighted by Gasteiger charge is -2.15. The van der Waals surface area contributed by atoms with Crippen molar-refractivity contribution in [3.63, 3.8) is 0 Å². The van der Waals surface area contributed by atoms with Crippen LogP contribution in [-0.2, 0) is 13.6 Å². The molecule has 0 spiro atoms. The summed E-state index contributed by atoms with van der Waals surface area (Å²) in [6.07, 6.45) is 3.11. The van der Waals surface area contributed by atoms with Gasteiger partial charge < -0.3 is 5.11 Å². The van der Waals surface area contributed by atoms with Crippen molar-refractivity contribution in [2.24, 2.45) is 13.0 Å². The first kappa shape index (κ1) is 14.8. The summed E-state index contributed by atoms with van der Waals surface area (Å²) in [6, 6.07) is 9.69. The van der Waals surface area contributed by atoms with Gasteiger partial charge in [-0.2, -0.15) is 10.4 Å². The molecule has 5 nitrogen and oxygen atoms in total. The quantitative estimate of drug-likeness (QED) is 0.934. The van der Waals surface area contributed by atoms with Gasteiger partial charge in [-0.05, 0) is 31.0 Å². The molecule has 5 heteroatoms. The highest BCUT2D eigenvalue weighted by atomic mass is 16.3. The number of aromatic nitrogens is 2. The predicted molar refractivity (Wildman–Crippen MR) is 83.8 cm³/mol. The van der Waals surface area contributed by atoms with E-state index in [1.807, 2.05) is 36.0 Å². The lowest BCUT2D eigenvalue weighted by atomic mass is 10.1. The SMILES string of the molecule is Cn1cc(CN2CCC(CO)C2)c(-c2ccc(C#N)cc2)n1. The van der Waals surface area contributed by atoms with Crippen LogP contribution in [0.2, 0.25) is 0 Å². The van der Waals surface area contributed by atoms with E-state index < -0.39 is 0 Å². The Morgan fingerprint density at radius 1 is 1.36 bits per heavy atom. The van der Waals surface area contributed by atoms with Gasteiger partial charge in [0.05, 0.1) is 17.3 Å². The first-order chi connectivity index (χ1) is 10.7. The maximum atomic E-state index is 9.27. The second-order valence-electron chi connectivity index (χ2n) is 5.94. The van der Waals surface area contributed by atoms with Gasteiger partial charge in [0.1, 0.15) is 0 Å². The third-order valence-electron chi connectivity index (χ3n) is 4.21. The van der Waals surface area contributed by atoms with Crippen LogP contribution in [0.25, 0.3) is 11.3 Å². The van der Waals surface area contributed by atoms with Crippen LogP contribution >= 0.6 is 0 Å². The van der Waals surface area contributed by atoms with Crippen molar-refractivity contribution in [3.05, 3.63) is 41.6 Å². The molecule has 2 heterocycles. The Morgan fingerprint density at radius 2 is 2.14 bits per heavy atom. The van der Waals surface area contributed by atoms with Crippen molar-refractivity contribution in [2.75, 3.05) is 19.7 Å². The molecule has 1 fully saturated rings. The number of hydrogen-bond acceptors (Lipinski definition) is 4. The van der Waals surface area contributed by atoms with Crippen LogP contribution in [-0.4, -0.2) is 39.5 Å². The highest BCUT2D eigenvalue weighted by molar-refractivity contribution is 5.63. The zero-order chi connectivity index (χ0) is 15.5. The predicted octanol–water partition coefficient (Wildman–Crippen LogP) is 1.77. The summed E-state index contributed by atoms with van der Waals surface area (Å²) in [5.74, 6) is 0.398. The largest absolute Gasteiger partial charge is 0.396 e. The van der Waals surface area contributed by atoms with Gasteiger partial charge in [-0.1, -0.05) is 12.1 Å². The van der Waals surface area contributed by atoms with Gasteiger partial charge >= 0.3 is 0 Å². The van der Waals surface area contributed by atoms with Crippen LogP contribution in [0.3, 0.4) is 0 Å². The molecule has 114 valence electrons. The smallest absolute Gasteiger partial charge is 0.0991 e. The number of nitrogens with zero attached hydrogens (tertiary/aromatic N) is 4. The topological polar surface area (TPSA) is 65.1 Å². The van der Waals surface area contributed by atoms with Crippen LogP contribution in [0.15, 0.2) is 30.5 Å². The number of aliphatic hydroxyl groups excluding tert-OH is 1. The van der Waals surface area contributed by atoms with E-state index in [2.05, 4.69) is 22.3 Å². The van der Waals surface area contributed by atoms with Crippen molar-refractivity contribution < 1.29 is 5.11 Å². The Bertz CT molecular complexity index is 684. The monoisotopic (exact) mass is 296 g/mol. The maximum Gasteiger partial charge on any atom is 0.0991 e. The minimum Gasteiger partial charge on any atom is -0.396 e. The summed E-state index contributed by atoms with van der Waals surface area (Å²) in [7, 11) is 1.93. The molecule has 0 bridgehead atoms. The zero-order valence-electron chi connectivity index (χ0n) is 12.7. The highest BCUT2D eigenvalue weighted by Crippen LogP contribution is 2.25. The Balaban J connectivity index is 1.82. The Morgan fingerprint density at radius 3 is 2.77 bits per heavy atom. The molecule has 2 aromatic rings. The number of aliphatic hydroxyl groups is 1. The number of likely N-dealkylation sites (tertiary alicyclic amines) is 1. The Kier molecular flexibility index (Phi) is 4.23. The van der Waals surface area contributed by atoms with E-state index in [1.54, 1.807) is 0 Å². The highest BCUT2D eigenvalue weighted by Gasteiger charge is 2.23. The van der Waals surface area contributed by atoms with Crippen LogP contribution in [0.4, 0.5) is 0 Å². The van der Waals surface area contributed by atoms with Gasteiger partial charge in [-0.25, -0.2) is 0 Å². The van der Waals surface area contributed by atoms with E-state index in [-0.39, 0.29) is 6.61 Å². The third-order valence-corrected chi connectivity index (χ3v) is 4.21. The number of hydrogen-bond donors (Lipinski definition) is 1. The van der Waals surface area contributed by atoms with Gasteiger partial charge in [0.15, 0.2) is 0 Å². The number of benzene rings is 1. The molecule has 0 amide bonds. The van der Waals surface area contributed by atoms with E-state index in [0.29, 0.717) is 11.5 Å². The van der Waals surface area contributed by atoms with E-state index in [0.717, 1.165) is 37.3 Å². The van der Waals surface area contributed by atoms with Gasteiger partial charge in [0, 0.05) is 44.1 Å². The summed E-state index contributed by atoms with van der Waals surface area (Å²) >= 11 is 0. The molecule has 1 N–H and O–H groups in total. The second-order valence-corrected chi connectivity index (χ2v) is 5.94. The number of nitriles is 1. The fraction of sp³-hybridized carbons (Fsp3) is 0.412.